The minimum absolute atomic E-state index is 0.153. The van der Waals surface area contributed by atoms with E-state index in [0.29, 0.717) is 0 Å². The van der Waals surface area contributed by atoms with Gasteiger partial charge in [0.25, 0.3) is 0 Å². The highest BCUT2D eigenvalue weighted by atomic mass is 14.6. The average Bonchev–Trinajstić information content (AvgIpc) is 2.03. The highest BCUT2D eigenvalue weighted by Crippen LogP contribution is 2.17. The van der Waals surface area contributed by atoms with Crippen LogP contribution in [-0.4, -0.2) is 0 Å². The lowest BCUT2D eigenvalue weighted by Crippen LogP contribution is -2.08. The molecule has 1 nitrogen and oxygen atoms in total. The molecule has 0 radical (unpaired) electrons. The van der Waals surface area contributed by atoms with Crippen LogP contribution >= 0.6 is 0 Å². The van der Waals surface area contributed by atoms with Crippen LogP contribution in [0.5, 0.6) is 0 Å². The van der Waals surface area contributed by atoms with Crippen LogP contribution in [-0.2, 0) is 6.42 Å². The van der Waals surface area contributed by atoms with Crippen molar-refractivity contribution in [2.24, 2.45) is 5.73 Å². The molecule has 1 unspecified atom stereocenters. The maximum absolute atomic E-state index is 5.84. The topological polar surface area (TPSA) is 26.0 Å². The Hall–Kier alpha value is -0.820. The molecule has 0 aromatic heterocycles. The van der Waals surface area contributed by atoms with Crippen molar-refractivity contribution in [3.63, 3.8) is 0 Å². The maximum Gasteiger partial charge on any atom is 0.0268 e. The third-order valence-corrected chi connectivity index (χ3v) is 2.17. The van der Waals surface area contributed by atoms with E-state index in [1.54, 1.807) is 0 Å². The summed E-state index contributed by atoms with van der Waals surface area (Å²) < 4.78 is 0. The smallest absolute Gasteiger partial charge is 0.0268 e. The fourth-order valence-electron chi connectivity index (χ4n) is 1.48. The lowest BCUT2D eigenvalue weighted by molar-refractivity contribution is 0.800. The molecule has 0 heterocycles. The molecule has 1 aromatic rings. The Morgan fingerprint density at radius 2 is 2.08 bits per heavy atom. The van der Waals surface area contributed by atoms with Crippen molar-refractivity contribution < 1.29 is 0 Å². The highest BCUT2D eigenvalue weighted by Gasteiger charge is 2.04. The summed E-state index contributed by atoms with van der Waals surface area (Å²) in [5.74, 6) is 0. The Morgan fingerprint density at radius 1 is 1.42 bits per heavy atom. The number of hydrogen-bond acceptors (Lipinski definition) is 1. The number of rotatable bonds is 2. The van der Waals surface area contributed by atoms with Gasteiger partial charge in [0.1, 0.15) is 0 Å². The summed E-state index contributed by atoms with van der Waals surface area (Å²) >= 11 is 0. The standard InChI is InChI=1S/C11H17N/c1-4-10-7-8(2)5-6-11(10)9(3)12/h5-7,9H,4,12H2,1-3H3. The van der Waals surface area contributed by atoms with Gasteiger partial charge in [-0.1, -0.05) is 30.7 Å². The van der Waals surface area contributed by atoms with Gasteiger partial charge < -0.3 is 5.73 Å². The molecule has 0 aliphatic carbocycles. The molecule has 1 atom stereocenters. The lowest BCUT2D eigenvalue weighted by Gasteiger charge is -2.11. The zero-order valence-electron chi connectivity index (χ0n) is 8.09. The van der Waals surface area contributed by atoms with Gasteiger partial charge in [0.05, 0.1) is 0 Å². The second kappa shape index (κ2) is 3.72. The summed E-state index contributed by atoms with van der Waals surface area (Å²) in [6.07, 6.45) is 1.07. The molecule has 0 saturated heterocycles. The monoisotopic (exact) mass is 163 g/mol. The van der Waals surface area contributed by atoms with E-state index < -0.39 is 0 Å². The van der Waals surface area contributed by atoms with E-state index >= 15 is 0 Å². The van der Waals surface area contributed by atoms with Crippen LogP contribution in [0.4, 0.5) is 0 Å². The number of aryl methyl sites for hydroxylation is 2. The van der Waals surface area contributed by atoms with Crippen molar-refractivity contribution in [1.29, 1.82) is 0 Å². The summed E-state index contributed by atoms with van der Waals surface area (Å²) in [7, 11) is 0. The number of nitrogens with two attached hydrogens (primary N) is 1. The third-order valence-electron chi connectivity index (χ3n) is 2.17. The molecule has 0 aliphatic rings. The molecule has 2 N–H and O–H groups in total. The lowest BCUT2D eigenvalue weighted by atomic mass is 9.98. The van der Waals surface area contributed by atoms with Crippen LogP contribution in [0, 0.1) is 6.92 Å². The molecule has 0 fully saturated rings. The molecule has 1 rings (SSSR count). The van der Waals surface area contributed by atoms with Crippen LogP contribution in [0.15, 0.2) is 18.2 Å². The fraction of sp³-hybridized carbons (Fsp3) is 0.455. The molecule has 0 spiro atoms. The minimum Gasteiger partial charge on any atom is -0.324 e. The van der Waals surface area contributed by atoms with E-state index in [9.17, 15) is 0 Å². The summed E-state index contributed by atoms with van der Waals surface area (Å²) in [6, 6.07) is 6.63. The quantitative estimate of drug-likeness (QED) is 0.712. The van der Waals surface area contributed by atoms with Gasteiger partial charge in [0.2, 0.25) is 0 Å². The molecule has 12 heavy (non-hydrogen) atoms. The Balaban J connectivity index is 3.11. The van der Waals surface area contributed by atoms with E-state index in [2.05, 4.69) is 32.0 Å². The van der Waals surface area contributed by atoms with E-state index in [0.717, 1.165) is 6.42 Å². The summed E-state index contributed by atoms with van der Waals surface area (Å²) in [5, 5.41) is 0. The predicted octanol–water partition coefficient (Wildman–Crippen LogP) is 2.58. The summed E-state index contributed by atoms with van der Waals surface area (Å²) in [5.41, 5.74) is 9.82. The molecule has 0 amide bonds. The first-order valence-electron chi connectivity index (χ1n) is 4.50. The van der Waals surface area contributed by atoms with Crippen molar-refractivity contribution in [3.05, 3.63) is 34.9 Å². The first-order valence-corrected chi connectivity index (χ1v) is 4.50. The predicted molar refractivity (Wildman–Crippen MR) is 53.2 cm³/mol. The normalized spacial score (nSPS) is 13.0. The Labute approximate surface area is 74.6 Å². The minimum atomic E-state index is 0.153. The molecule has 0 bridgehead atoms. The van der Waals surface area contributed by atoms with Gasteiger partial charge in [-0.25, -0.2) is 0 Å². The largest absolute Gasteiger partial charge is 0.324 e. The van der Waals surface area contributed by atoms with Gasteiger partial charge in [-0.05, 0) is 31.4 Å². The van der Waals surface area contributed by atoms with Crippen molar-refractivity contribution in [2.75, 3.05) is 0 Å². The summed E-state index contributed by atoms with van der Waals surface area (Å²) in [4.78, 5) is 0. The second-order valence-corrected chi connectivity index (χ2v) is 3.34. The van der Waals surface area contributed by atoms with E-state index in [1.165, 1.54) is 16.7 Å². The zero-order chi connectivity index (χ0) is 9.14. The number of hydrogen-bond donors (Lipinski definition) is 1. The van der Waals surface area contributed by atoms with E-state index in [4.69, 9.17) is 5.73 Å². The van der Waals surface area contributed by atoms with Gasteiger partial charge in [-0.2, -0.15) is 0 Å². The highest BCUT2D eigenvalue weighted by molar-refractivity contribution is 5.33. The van der Waals surface area contributed by atoms with Crippen molar-refractivity contribution >= 4 is 0 Å². The molecular weight excluding hydrogens is 146 g/mol. The van der Waals surface area contributed by atoms with Crippen LogP contribution in [0.25, 0.3) is 0 Å². The van der Waals surface area contributed by atoms with Gasteiger partial charge in [0, 0.05) is 6.04 Å². The van der Waals surface area contributed by atoms with Crippen molar-refractivity contribution in [2.45, 2.75) is 33.2 Å². The summed E-state index contributed by atoms with van der Waals surface area (Å²) in [6.45, 7) is 6.31. The van der Waals surface area contributed by atoms with Gasteiger partial charge in [-0.15, -0.1) is 0 Å². The van der Waals surface area contributed by atoms with Crippen LogP contribution < -0.4 is 5.73 Å². The first-order chi connectivity index (χ1) is 5.65. The SMILES string of the molecule is CCc1cc(C)ccc1C(C)N. The molecule has 1 aromatic carbocycles. The van der Waals surface area contributed by atoms with Crippen molar-refractivity contribution in [3.8, 4) is 0 Å². The maximum atomic E-state index is 5.84. The Kier molecular flexibility index (Phi) is 2.88. The van der Waals surface area contributed by atoms with E-state index in [1.807, 2.05) is 6.92 Å². The molecule has 1 heteroatoms. The van der Waals surface area contributed by atoms with Crippen LogP contribution in [0.2, 0.25) is 0 Å². The van der Waals surface area contributed by atoms with Crippen molar-refractivity contribution in [1.82, 2.24) is 0 Å². The van der Waals surface area contributed by atoms with Gasteiger partial charge in [0.15, 0.2) is 0 Å². The third kappa shape index (κ3) is 1.86. The van der Waals surface area contributed by atoms with Crippen LogP contribution in [0.3, 0.4) is 0 Å². The Morgan fingerprint density at radius 3 is 2.58 bits per heavy atom. The van der Waals surface area contributed by atoms with Crippen LogP contribution in [0.1, 0.15) is 36.6 Å². The van der Waals surface area contributed by atoms with Gasteiger partial charge >= 0.3 is 0 Å². The molecule has 0 saturated carbocycles. The Bertz CT molecular complexity index is 264. The average molecular weight is 163 g/mol. The fourth-order valence-corrected chi connectivity index (χ4v) is 1.48. The second-order valence-electron chi connectivity index (χ2n) is 3.34. The van der Waals surface area contributed by atoms with Gasteiger partial charge in [-0.3, -0.25) is 0 Å². The molecule has 0 aliphatic heterocycles. The molecule has 66 valence electrons. The molecular formula is C11H17N. The zero-order valence-corrected chi connectivity index (χ0v) is 8.09. The van der Waals surface area contributed by atoms with E-state index in [-0.39, 0.29) is 6.04 Å². The first kappa shape index (κ1) is 9.27. The number of benzene rings is 1.